The summed E-state index contributed by atoms with van der Waals surface area (Å²) in [4.78, 5) is 38.2. The summed E-state index contributed by atoms with van der Waals surface area (Å²) in [5, 5.41) is 0. The van der Waals surface area contributed by atoms with E-state index in [9.17, 15) is 14.4 Å². The summed E-state index contributed by atoms with van der Waals surface area (Å²) in [6.07, 6.45) is 85.6. The van der Waals surface area contributed by atoms with Crippen molar-refractivity contribution in [2.45, 2.75) is 367 Å². The van der Waals surface area contributed by atoms with Gasteiger partial charge in [0.25, 0.3) is 0 Å². The molecule has 6 heteroatoms. The van der Waals surface area contributed by atoms with Gasteiger partial charge in [-0.25, -0.2) is 0 Å². The Morgan fingerprint density at radius 3 is 0.821 bits per heavy atom. The van der Waals surface area contributed by atoms with Crippen molar-refractivity contribution in [2.24, 2.45) is 0 Å². The molecule has 0 rings (SSSR count). The maximum atomic E-state index is 12.9. The van der Waals surface area contributed by atoms with Crippen molar-refractivity contribution < 1.29 is 28.6 Å². The molecule has 0 saturated carbocycles. The lowest BCUT2D eigenvalue weighted by atomic mass is 10.0. The Bertz CT molecular complexity index is 1390. The molecule has 0 aromatic carbocycles. The van der Waals surface area contributed by atoms with Gasteiger partial charge >= 0.3 is 17.9 Å². The molecular weight excluding hydrogens is 961 g/mol. The lowest BCUT2D eigenvalue weighted by Crippen LogP contribution is -2.30. The standard InChI is InChI=1S/C72H130O6/c1-4-7-10-13-16-19-22-25-27-28-29-30-31-32-33-34-35-36-37-38-39-40-41-42-43-44-46-47-50-53-56-59-62-65-71(74)77-68-69(67-76-70(73)64-61-58-55-52-49-24-21-18-15-12-9-6-3)78-72(75)66-63-60-57-54-51-48-45-26-23-20-17-14-11-8-5-2/h8,11,17,20,26,28-29,45,51,54,69H,4-7,9-10,12-16,18-19,21-25,27,30-44,46-50,52-53,55-68H2,1-3H3/b11-8-,20-17-,29-28-,45-26-,54-51-. The number of allylic oxidation sites excluding steroid dienone is 10. The molecule has 0 spiro atoms. The number of ether oxygens (including phenoxy) is 3. The first kappa shape index (κ1) is 75.1. The molecule has 0 aliphatic carbocycles. The predicted octanol–water partition coefficient (Wildman–Crippen LogP) is 23.5. The zero-order valence-corrected chi connectivity index (χ0v) is 52.2. The van der Waals surface area contributed by atoms with E-state index in [0.717, 1.165) is 77.0 Å². The molecule has 0 aliphatic heterocycles. The van der Waals surface area contributed by atoms with E-state index in [0.29, 0.717) is 19.3 Å². The number of hydrogen-bond acceptors (Lipinski definition) is 6. The van der Waals surface area contributed by atoms with Gasteiger partial charge in [-0.05, 0) is 83.5 Å². The van der Waals surface area contributed by atoms with Gasteiger partial charge in [-0.2, -0.15) is 0 Å². The van der Waals surface area contributed by atoms with Crippen LogP contribution in [0.1, 0.15) is 361 Å². The fraction of sp³-hybridized carbons (Fsp3) is 0.819. The number of rotatable bonds is 63. The van der Waals surface area contributed by atoms with Crippen molar-refractivity contribution >= 4 is 17.9 Å². The fourth-order valence-corrected chi connectivity index (χ4v) is 10.1. The van der Waals surface area contributed by atoms with E-state index in [2.05, 4.69) is 81.5 Å². The topological polar surface area (TPSA) is 78.9 Å². The summed E-state index contributed by atoms with van der Waals surface area (Å²) in [6.45, 7) is 6.53. The number of esters is 3. The third kappa shape index (κ3) is 63.9. The maximum Gasteiger partial charge on any atom is 0.306 e. The van der Waals surface area contributed by atoms with E-state index in [1.54, 1.807) is 0 Å². The Morgan fingerprint density at radius 1 is 0.269 bits per heavy atom. The van der Waals surface area contributed by atoms with Gasteiger partial charge in [0.05, 0.1) is 0 Å². The first-order valence-corrected chi connectivity index (χ1v) is 34.3. The van der Waals surface area contributed by atoms with Crippen LogP contribution in [0.4, 0.5) is 0 Å². The molecular formula is C72H130O6. The number of unbranched alkanes of at least 4 members (excludes halogenated alkanes) is 42. The highest BCUT2D eigenvalue weighted by molar-refractivity contribution is 5.71. The third-order valence-corrected chi connectivity index (χ3v) is 15.3. The highest BCUT2D eigenvalue weighted by atomic mass is 16.6. The fourth-order valence-electron chi connectivity index (χ4n) is 10.1. The number of hydrogen-bond donors (Lipinski definition) is 0. The average molecular weight is 1090 g/mol. The predicted molar refractivity (Wildman–Crippen MR) is 339 cm³/mol. The maximum absolute atomic E-state index is 12.9. The van der Waals surface area contributed by atoms with E-state index >= 15 is 0 Å². The van der Waals surface area contributed by atoms with Crippen LogP contribution in [0.5, 0.6) is 0 Å². The zero-order valence-electron chi connectivity index (χ0n) is 52.2. The molecule has 0 aromatic heterocycles. The van der Waals surface area contributed by atoms with Gasteiger partial charge in [-0.3, -0.25) is 14.4 Å². The number of carbonyl (C=O) groups excluding carboxylic acids is 3. The van der Waals surface area contributed by atoms with Gasteiger partial charge in [-0.1, -0.05) is 319 Å². The second kappa shape index (κ2) is 66.6. The second-order valence-electron chi connectivity index (χ2n) is 23.1. The molecule has 0 heterocycles. The average Bonchev–Trinajstić information content (AvgIpc) is 3.44. The van der Waals surface area contributed by atoms with Crippen molar-refractivity contribution in [3.05, 3.63) is 60.8 Å². The van der Waals surface area contributed by atoms with Crippen LogP contribution >= 0.6 is 0 Å². The SMILES string of the molecule is CC/C=C\C/C=C\C/C=C\C/C=C\CCCCC(=O)OC(COC(=O)CCCCCCCCCCCCCC)COC(=O)CCCCCCCCCCCCCCCCCCCCCCC/C=C\CCCCCCCCCC. The zero-order chi connectivity index (χ0) is 56.4. The molecule has 78 heavy (non-hydrogen) atoms. The number of carbonyl (C=O) groups is 3. The van der Waals surface area contributed by atoms with E-state index in [-0.39, 0.29) is 37.5 Å². The first-order valence-electron chi connectivity index (χ1n) is 34.3. The third-order valence-electron chi connectivity index (χ3n) is 15.3. The lowest BCUT2D eigenvalue weighted by molar-refractivity contribution is -0.167. The van der Waals surface area contributed by atoms with Gasteiger partial charge in [0.2, 0.25) is 0 Å². The van der Waals surface area contributed by atoms with Gasteiger partial charge < -0.3 is 14.2 Å². The van der Waals surface area contributed by atoms with Crippen molar-refractivity contribution in [3.8, 4) is 0 Å². The van der Waals surface area contributed by atoms with Crippen LogP contribution in [0.2, 0.25) is 0 Å². The summed E-state index contributed by atoms with van der Waals surface area (Å²) in [6, 6.07) is 0. The summed E-state index contributed by atoms with van der Waals surface area (Å²) in [5.41, 5.74) is 0. The smallest absolute Gasteiger partial charge is 0.306 e. The molecule has 0 saturated heterocycles. The van der Waals surface area contributed by atoms with Gasteiger partial charge in [-0.15, -0.1) is 0 Å². The van der Waals surface area contributed by atoms with E-state index in [1.165, 1.54) is 238 Å². The highest BCUT2D eigenvalue weighted by Gasteiger charge is 2.19. The summed E-state index contributed by atoms with van der Waals surface area (Å²) < 4.78 is 16.9. The van der Waals surface area contributed by atoms with Gasteiger partial charge in [0, 0.05) is 19.3 Å². The molecule has 6 nitrogen and oxygen atoms in total. The summed E-state index contributed by atoms with van der Waals surface area (Å²) >= 11 is 0. The minimum atomic E-state index is -0.793. The normalized spacial score (nSPS) is 12.4. The largest absolute Gasteiger partial charge is 0.462 e. The molecule has 0 fully saturated rings. The van der Waals surface area contributed by atoms with Crippen LogP contribution in [0, 0.1) is 0 Å². The van der Waals surface area contributed by atoms with Crippen molar-refractivity contribution in [3.63, 3.8) is 0 Å². The first-order chi connectivity index (χ1) is 38.5. The molecule has 0 bridgehead atoms. The Kier molecular flexibility index (Phi) is 64.2. The van der Waals surface area contributed by atoms with Crippen molar-refractivity contribution in [2.75, 3.05) is 13.2 Å². The van der Waals surface area contributed by atoms with E-state index in [1.807, 2.05) is 0 Å². The minimum absolute atomic E-state index is 0.0866. The van der Waals surface area contributed by atoms with Crippen molar-refractivity contribution in [1.82, 2.24) is 0 Å². The Labute approximate surface area is 485 Å². The van der Waals surface area contributed by atoms with Crippen molar-refractivity contribution in [1.29, 1.82) is 0 Å². The molecule has 1 atom stereocenters. The van der Waals surface area contributed by atoms with E-state index in [4.69, 9.17) is 14.2 Å². The lowest BCUT2D eigenvalue weighted by Gasteiger charge is -2.18. The Morgan fingerprint density at radius 2 is 0.500 bits per heavy atom. The van der Waals surface area contributed by atoms with Crippen LogP contribution in [0.15, 0.2) is 60.8 Å². The van der Waals surface area contributed by atoms with Crippen LogP contribution in [-0.2, 0) is 28.6 Å². The van der Waals surface area contributed by atoms with Gasteiger partial charge in [0.1, 0.15) is 13.2 Å². The Balaban J connectivity index is 4.10. The molecule has 0 radical (unpaired) electrons. The second-order valence-corrected chi connectivity index (χ2v) is 23.1. The van der Waals surface area contributed by atoms with Crippen LogP contribution < -0.4 is 0 Å². The van der Waals surface area contributed by atoms with Gasteiger partial charge in [0.15, 0.2) is 6.10 Å². The van der Waals surface area contributed by atoms with Crippen LogP contribution in [0.25, 0.3) is 0 Å². The molecule has 0 aromatic rings. The quantitative estimate of drug-likeness (QED) is 0.0261. The summed E-state index contributed by atoms with van der Waals surface area (Å²) in [7, 11) is 0. The summed E-state index contributed by atoms with van der Waals surface area (Å²) in [5.74, 6) is -0.910. The highest BCUT2D eigenvalue weighted by Crippen LogP contribution is 2.18. The van der Waals surface area contributed by atoms with E-state index < -0.39 is 6.10 Å². The minimum Gasteiger partial charge on any atom is -0.462 e. The molecule has 0 aliphatic rings. The van der Waals surface area contributed by atoms with Crippen LogP contribution in [-0.4, -0.2) is 37.2 Å². The monoisotopic (exact) mass is 1090 g/mol. The molecule has 0 N–H and O–H groups in total. The molecule has 1 unspecified atom stereocenters. The van der Waals surface area contributed by atoms with Crippen LogP contribution in [0.3, 0.4) is 0 Å². The molecule has 454 valence electrons. The Hall–Kier alpha value is -2.89. The molecule has 0 amide bonds.